The largest absolute Gasteiger partial charge is 0.390 e. The quantitative estimate of drug-likeness (QED) is 0.564. The number of hydrogen-bond donors (Lipinski definition) is 2. The van der Waals surface area contributed by atoms with Crippen LogP contribution < -0.4 is 5.32 Å². The third kappa shape index (κ3) is 10.3. The lowest BCUT2D eigenvalue weighted by molar-refractivity contribution is 0.109. The first-order valence-corrected chi connectivity index (χ1v) is 7.89. The molecule has 4 nitrogen and oxygen atoms in total. The molecule has 0 bridgehead atoms. The Morgan fingerprint density at radius 1 is 0.947 bits per heavy atom. The van der Waals surface area contributed by atoms with Crippen LogP contribution >= 0.6 is 0 Å². The van der Waals surface area contributed by atoms with Crippen LogP contribution in [-0.2, 0) is 0 Å². The van der Waals surface area contributed by atoms with Crippen molar-refractivity contribution < 1.29 is 5.11 Å². The van der Waals surface area contributed by atoms with Crippen molar-refractivity contribution >= 4 is 0 Å². The van der Waals surface area contributed by atoms with Crippen molar-refractivity contribution in [3.63, 3.8) is 0 Å². The third-order valence-electron chi connectivity index (χ3n) is 3.52. The van der Waals surface area contributed by atoms with E-state index in [4.69, 9.17) is 0 Å². The lowest BCUT2D eigenvalue weighted by Gasteiger charge is -2.26. The zero-order chi connectivity index (χ0) is 14.7. The molecule has 0 spiro atoms. The van der Waals surface area contributed by atoms with Crippen molar-refractivity contribution in [1.82, 2.24) is 15.1 Å². The number of hydrogen-bond acceptors (Lipinski definition) is 4. The van der Waals surface area contributed by atoms with E-state index in [0.717, 1.165) is 39.3 Å². The summed E-state index contributed by atoms with van der Waals surface area (Å²) in [6.07, 6.45) is 0.913. The molecule has 0 saturated heterocycles. The van der Waals surface area contributed by atoms with Crippen molar-refractivity contribution in [3.8, 4) is 0 Å². The maximum atomic E-state index is 9.99. The van der Waals surface area contributed by atoms with Gasteiger partial charge in [0.15, 0.2) is 0 Å². The molecule has 0 fully saturated rings. The highest BCUT2D eigenvalue weighted by molar-refractivity contribution is 4.68. The van der Waals surface area contributed by atoms with Gasteiger partial charge in [-0.3, -0.25) is 0 Å². The molecule has 0 aromatic carbocycles. The number of aliphatic hydroxyl groups excluding tert-OH is 1. The zero-order valence-electron chi connectivity index (χ0n) is 13.7. The summed E-state index contributed by atoms with van der Waals surface area (Å²) < 4.78 is 0. The average Bonchev–Trinajstić information content (AvgIpc) is 2.40. The van der Waals surface area contributed by atoms with Gasteiger partial charge in [-0.2, -0.15) is 0 Å². The molecule has 0 rings (SSSR count). The minimum absolute atomic E-state index is 0.268. The Kier molecular flexibility index (Phi) is 11.6. The molecule has 0 aromatic rings. The second-order valence-corrected chi connectivity index (χ2v) is 5.49. The fourth-order valence-electron chi connectivity index (χ4n) is 2.17. The zero-order valence-corrected chi connectivity index (χ0v) is 13.7. The molecular weight excluding hydrogens is 238 g/mol. The summed E-state index contributed by atoms with van der Waals surface area (Å²) in [4.78, 5) is 4.79. The van der Waals surface area contributed by atoms with Gasteiger partial charge in [-0.25, -0.2) is 0 Å². The second-order valence-electron chi connectivity index (χ2n) is 5.49. The highest BCUT2D eigenvalue weighted by atomic mass is 16.3. The fraction of sp³-hybridized carbons (Fsp3) is 1.00. The number of aliphatic hydroxyl groups is 1. The fourth-order valence-corrected chi connectivity index (χ4v) is 2.17. The highest BCUT2D eigenvalue weighted by Crippen LogP contribution is 1.97. The van der Waals surface area contributed by atoms with Crippen LogP contribution in [0.1, 0.15) is 41.0 Å². The molecule has 1 atom stereocenters. The monoisotopic (exact) mass is 273 g/mol. The van der Waals surface area contributed by atoms with E-state index < -0.39 is 0 Å². The van der Waals surface area contributed by atoms with E-state index in [1.165, 1.54) is 6.42 Å². The lowest BCUT2D eigenvalue weighted by atomic mass is 10.2. The molecule has 116 valence electrons. The summed E-state index contributed by atoms with van der Waals surface area (Å²) >= 11 is 0. The Hall–Kier alpha value is -0.160. The van der Waals surface area contributed by atoms with E-state index in [9.17, 15) is 5.11 Å². The van der Waals surface area contributed by atoms with Crippen molar-refractivity contribution in [2.75, 3.05) is 45.8 Å². The Bertz CT molecular complexity index is 196. The molecule has 4 heteroatoms. The molecule has 2 N–H and O–H groups in total. The van der Waals surface area contributed by atoms with E-state index in [0.29, 0.717) is 12.6 Å². The summed E-state index contributed by atoms with van der Waals surface area (Å²) in [6.45, 7) is 17.8. The van der Waals surface area contributed by atoms with Crippen molar-refractivity contribution in [1.29, 1.82) is 0 Å². The van der Waals surface area contributed by atoms with Gasteiger partial charge >= 0.3 is 0 Å². The summed E-state index contributed by atoms with van der Waals surface area (Å²) in [5.74, 6) is 0. The van der Waals surface area contributed by atoms with Crippen LogP contribution in [0.3, 0.4) is 0 Å². The number of likely N-dealkylation sites (N-methyl/N-ethyl adjacent to an activating group) is 1. The maximum Gasteiger partial charge on any atom is 0.0791 e. The smallest absolute Gasteiger partial charge is 0.0791 e. The average molecular weight is 273 g/mol. The summed E-state index contributed by atoms with van der Waals surface area (Å²) in [7, 11) is 0. The second kappa shape index (κ2) is 11.6. The normalized spacial score (nSPS) is 13.7. The van der Waals surface area contributed by atoms with Gasteiger partial charge in [0, 0.05) is 19.1 Å². The Balaban J connectivity index is 3.81. The van der Waals surface area contributed by atoms with Gasteiger partial charge in [0.2, 0.25) is 0 Å². The first kappa shape index (κ1) is 18.8. The number of nitrogens with zero attached hydrogens (tertiary/aromatic N) is 2. The van der Waals surface area contributed by atoms with Crippen LogP contribution in [0.15, 0.2) is 0 Å². The predicted molar refractivity (Wildman–Crippen MR) is 83.7 cm³/mol. The van der Waals surface area contributed by atoms with Gasteiger partial charge < -0.3 is 20.2 Å². The van der Waals surface area contributed by atoms with E-state index in [2.05, 4.69) is 49.7 Å². The first-order chi connectivity index (χ1) is 9.03. The molecule has 0 radical (unpaired) electrons. The van der Waals surface area contributed by atoms with E-state index in [-0.39, 0.29) is 6.10 Å². The van der Waals surface area contributed by atoms with E-state index >= 15 is 0 Å². The summed E-state index contributed by atoms with van der Waals surface area (Å²) in [5, 5.41) is 13.3. The number of nitrogens with one attached hydrogen (secondary N) is 1. The summed E-state index contributed by atoms with van der Waals surface area (Å²) in [5.41, 5.74) is 0. The molecule has 0 aliphatic rings. The predicted octanol–water partition coefficient (Wildman–Crippen LogP) is 1.40. The van der Waals surface area contributed by atoms with E-state index in [1.807, 2.05) is 0 Å². The maximum absolute atomic E-state index is 9.99. The topological polar surface area (TPSA) is 38.7 Å². The van der Waals surface area contributed by atoms with Crippen LogP contribution in [0.5, 0.6) is 0 Å². The molecule has 19 heavy (non-hydrogen) atoms. The molecule has 1 unspecified atom stereocenters. The van der Waals surface area contributed by atoms with Crippen LogP contribution in [0.25, 0.3) is 0 Å². The Labute approximate surface area is 120 Å². The van der Waals surface area contributed by atoms with Crippen LogP contribution in [0.2, 0.25) is 0 Å². The molecule has 0 heterocycles. The molecular formula is C15H35N3O. The molecule has 0 aliphatic carbocycles. The molecule has 0 aliphatic heterocycles. The third-order valence-corrected chi connectivity index (χ3v) is 3.52. The van der Waals surface area contributed by atoms with Gasteiger partial charge in [0.1, 0.15) is 0 Å². The molecule has 0 aromatic heterocycles. The van der Waals surface area contributed by atoms with Gasteiger partial charge in [-0.15, -0.1) is 0 Å². The van der Waals surface area contributed by atoms with Crippen LogP contribution in [0, 0.1) is 0 Å². The highest BCUT2D eigenvalue weighted by Gasteiger charge is 2.10. The first-order valence-electron chi connectivity index (χ1n) is 7.89. The van der Waals surface area contributed by atoms with E-state index in [1.54, 1.807) is 0 Å². The number of rotatable bonds is 12. The minimum atomic E-state index is -0.268. The Morgan fingerprint density at radius 2 is 1.47 bits per heavy atom. The lowest BCUT2D eigenvalue weighted by Crippen LogP contribution is -2.41. The molecule has 0 amide bonds. The van der Waals surface area contributed by atoms with Crippen LogP contribution in [0.4, 0.5) is 0 Å². The standard InChI is InChI=1S/C15H35N3O/c1-6-17(7-2)10-9-11-18(8-3)13-15(19)12-16-14(4)5/h14-16,19H,6-13H2,1-5H3. The molecule has 0 saturated carbocycles. The van der Waals surface area contributed by atoms with Crippen LogP contribution in [-0.4, -0.2) is 72.9 Å². The van der Waals surface area contributed by atoms with Gasteiger partial charge in [-0.1, -0.05) is 34.6 Å². The van der Waals surface area contributed by atoms with Crippen molar-refractivity contribution in [2.24, 2.45) is 0 Å². The minimum Gasteiger partial charge on any atom is -0.390 e. The van der Waals surface area contributed by atoms with Gasteiger partial charge in [0.05, 0.1) is 6.10 Å². The Morgan fingerprint density at radius 3 is 1.95 bits per heavy atom. The van der Waals surface area contributed by atoms with Gasteiger partial charge in [0.25, 0.3) is 0 Å². The van der Waals surface area contributed by atoms with Crippen molar-refractivity contribution in [2.45, 2.75) is 53.2 Å². The summed E-state index contributed by atoms with van der Waals surface area (Å²) in [6, 6.07) is 0.437. The van der Waals surface area contributed by atoms with Gasteiger partial charge in [-0.05, 0) is 39.1 Å². The van der Waals surface area contributed by atoms with Crippen molar-refractivity contribution in [3.05, 3.63) is 0 Å². The SMILES string of the molecule is CCN(CC)CCCN(CC)CC(O)CNC(C)C.